The molecule has 2 rings (SSSR count). The van der Waals surface area contributed by atoms with Gasteiger partial charge in [-0.25, -0.2) is 4.79 Å². The molecule has 21 heavy (non-hydrogen) atoms. The van der Waals surface area contributed by atoms with Gasteiger partial charge in [-0.1, -0.05) is 23.7 Å². The Hall–Kier alpha value is -1.75. The van der Waals surface area contributed by atoms with Gasteiger partial charge in [-0.3, -0.25) is 4.79 Å². The molecule has 0 spiro atoms. The summed E-state index contributed by atoms with van der Waals surface area (Å²) in [6.07, 6.45) is 1.54. The number of urea groups is 1. The molecule has 0 atom stereocenters. The molecule has 0 bridgehead atoms. The Kier molecular flexibility index (Phi) is 5.07. The Morgan fingerprint density at radius 2 is 1.95 bits per heavy atom. The fourth-order valence-corrected chi connectivity index (χ4v) is 2.63. The zero-order valence-electron chi connectivity index (χ0n) is 12.3. The number of carbonyl (C=O) groups excluding carboxylic acids is 2. The van der Waals surface area contributed by atoms with Crippen molar-refractivity contribution in [2.75, 3.05) is 18.4 Å². The Morgan fingerprint density at radius 3 is 2.57 bits per heavy atom. The lowest BCUT2D eigenvalue weighted by molar-refractivity contribution is -0.119. The van der Waals surface area contributed by atoms with Gasteiger partial charge in [0.15, 0.2) is 0 Å². The minimum atomic E-state index is -0.149. The number of piperidine rings is 1. The van der Waals surface area contributed by atoms with E-state index in [9.17, 15) is 9.59 Å². The minimum absolute atomic E-state index is 0.0237. The van der Waals surface area contributed by atoms with Crippen molar-refractivity contribution in [2.24, 2.45) is 0 Å². The zero-order valence-corrected chi connectivity index (χ0v) is 13.0. The molecule has 1 saturated heterocycles. The number of hydrogen-bond donors (Lipinski definition) is 2. The highest BCUT2D eigenvalue weighted by molar-refractivity contribution is 6.34. The van der Waals surface area contributed by atoms with Crippen LogP contribution in [0.2, 0.25) is 5.02 Å². The van der Waals surface area contributed by atoms with Gasteiger partial charge < -0.3 is 15.5 Å². The summed E-state index contributed by atoms with van der Waals surface area (Å²) in [6.45, 7) is 4.66. The second-order valence-electron chi connectivity index (χ2n) is 5.33. The van der Waals surface area contributed by atoms with Crippen molar-refractivity contribution in [2.45, 2.75) is 32.7 Å². The first-order valence-electron chi connectivity index (χ1n) is 7.05. The van der Waals surface area contributed by atoms with E-state index in [-0.39, 0.29) is 18.0 Å². The fourth-order valence-electron chi connectivity index (χ4n) is 2.45. The smallest absolute Gasteiger partial charge is 0.321 e. The van der Waals surface area contributed by atoms with Gasteiger partial charge in [0.1, 0.15) is 0 Å². The highest BCUT2D eigenvalue weighted by Crippen LogP contribution is 2.25. The van der Waals surface area contributed by atoms with Crippen molar-refractivity contribution < 1.29 is 9.59 Å². The lowest BCUT2D eigenvalue weighted by Crippen LogP contribution is -2.47. The molecular weight excluding hydrogens is 290 g/mol. The first kappa shape index (κ1) is 15.6. The molecule has 114 valence electrons. The maximum atomic E-state index is 12.2. The molecule has 0 radical (unpaired) electrons. The van der Waals surface area contributed by atoms with Crippen molar-refractivity contribution in [1.82, 2.24) is 10.2 Å². The van der Waals surface area contributed by atoms with Gasteiger partial charge in [0, 0.05) is 26.1 Å². The standard InChI is InChI=1S/C15H20ClN3O2/c1-10-4-3-5-13(14(10)16)18-15(21)19-8-6-12(7-9-19)17-11(2)20/h3-5,12H,6-9H2,1-2H3,(H,17,20)(H,18,21). The summed E-state index contributed by atoms with van der Waals surface area (Å²) in [5.74, 6) is -0.0237. The van der Waals surface area contributed by atoms with Crippen LogP contribution in [0.1, 0.15) is 25.3 Å². The van der Waals surface area contributed by atoms with E-state index in [1.54, 1.807) is 11.0 Å². The average molecular weight is 310 g/mol. The molecule has 1 aliphatic heterocycles. The van der Waals surface area contributed by atoms with E-state index in [1.807, 2.05) is 19.1 Å². The van der Waals surface area contributed by atoms with E-state index >= 15 is 0 Å². The lowest BCUT2D eigenvalue weighted by Gasteiger charge is -2.32. The number of halogens is 1. The Morgan fingerprint density at radius 1 is 1.29 bits per heavy atom. The highest BCUT2D eigenvalue weighted by Gasteiger charge is 2.23. The number of hydrogen-bond acceptors (Lipinski definition) is 2. The number of carbonyl (C=O) groups is 2. The van der Waals surface area contributed by atoms with Crippen LogP contribution in [0.5, 0.6) is 0 Å². The summed E-state index contributed by atoms with van der Waals surface area (Å²) in [7, 11) is 0. The van der Waals surface area contributed by atoms with Crippen molar-refractivity contribution >= 4 is 29.2 Å². The predicted molar refractivity (Wildman–Crippen MR) is 83.6 cm³/mol. The summed E-state index contributed by atoms with van der Waals surface area (Å²) >= 11 is 6.18. The number of amides is 3. The quantitative estimate of drug-likeness (QED) is 0.882. The number of anilines is 1. The maximum absolute atomic E-state index is 12.2. The molecule has 0 aromatic heterocycles. The number of likely N-dealkylation sites (tertiary alicyclic amines) is 1. The lowest BCUT2D eigenvalue weighted by atomic mass is 10.1. The van der Waals surface area contributed by atoms with E-state index in [0.717, 1.165) is 18.4 Å². The van der Waals surface area contributed by atoms with Crippen LogP contribution in [-0.4, -0.2) is 36.0 Å². The van der Waals surface area contributed by atoms with Gasteiger partial charge in [-0.2, -0.15) is 0 Å². The third kappa shape index (κ3) is 4.11. The largest absolute Gasteiger partial charge is 0.353 e. The van der Waals surface area contributed by atoms with Crippen LogP contribution in [0, 0.1) is 6.92 Å². The highest BCUT2D eigenvalue weighted by atomic mass is 35.5. The van der Waals surface area contributed by atoms with Crippen LogP contribution in [0.15, 0.2) is 18.2 Å². The van der Waals surface area contributed by atoms with Crippen molar-refractivity contribution in [3.05, 3.63) is 28.8 Å². The minimum Gasteiger partial charge on any atom is -0.353 e. The first-order chi connectivity index (χ1) is 9.97. The van der Waals surface area contributed by atoms with Crippen LogP contribution in [0.4, 0.5) is 10.5 Å². The van der Waals surface area contributed by atoms with E-state index in [4.69, 9.17) is 11.6 Å². The molecule has 6 heteroatoms. The van der Waals surface area contributed by atoms with Crippen molar-refractivity contribution in [3.8, 4) is 0 Å². The molecule has 3 amide bonds. The molecule has 0 aliphatic carbocycles. The monoisotopic (exact) mass is 309 g/mol. The number of aryl methyl sites for hydroxylation is 1. The summed E-state index contributed by atoms with van der Waals surface area (Å²) in [5, 5.41) is 6.30. The fraction of sp³-hybridized carbons (Fsp3) is 0.467. The van der Waals surface area contributed by atoms with Crippen molar-refractivity contribution in [1.29, 1.82) is 0 Å². The van der Waals surface area contributed by atoms with Crippen molar-refractivity contribution in [3.63, 3.8) is 0 Å². The molecule has 0 saturated carbocycles. The van der Waals surface area contributed by atoms with Crippen LogP contribution >= 0.6 is 11.6 Å². The van der Waals surface area contributed by atoms with Gasteiger partial charge in [0.2, 0.25) is 5.91 Å². The van der Waals surface area contributed by atoms with Crippen LogP contribution in [-0.2, 0) is 4.79 Å². The van der Waals surface area contributed by atoms with Gasteiger partial charge >= 0.3 is 6.03 Å². The first-order valence-corrected chi connectivity index (χ1v) is 7.43. The summed E-state index contributed by atoms with van der Waals surface area (Å²) < 4.78 is 0. The molecule has 1 aromatic carbocycles. The van der Waals surface area contributed by atoms with E-state index in [0.29, 0.717) is 23.8 Å². The molecular formula is C15H20ClN3O2. The van der Waals surface area contributed by atoms with Gasteiger partial charge in [-0.05, 0) is 31.4 Å². The van der Waals surface area contributed by atoms with Crippen LogP contribution < -0.4 is 10.6 Å². The van der Waals surface area contributed by atoms with E-state index in [2.05, 4.69) is 10.6 Å². The topological polar surface area (TPSA) is 61.4 Å². The normalized spacial score (nSPS) is 15.7. The third-order valence-corrected chi connectivity index (χ3v) is 4.12. The number of nitrogens with one attached hydrogen (secondary N) is 2. The van der Waals surface area contributed by atoms with E-state index < -0.39 is 0 Å². The second kappa shape index (κ2) is 6.80. The molecule has 5 nitrogen and oxygen atoms in total. The number of benzene rings is 1. The Labute approximate surface area is 129 Å². The molecule has 1 aromatic rings. The van der Waals surface area contributed by atoms with Gasteiger partial charge in [-0.15, -0.1) is 0 Å². The van der Waals surface area contributed by atoms with Crippen LogP contribution in [0.3, 0.4) is 0 Å². The van der Waals surface area contributed by atoms with E-state index in [1.165, 1.54) is 6.92 Å². The molecule has 2 N–H and O–H groups in total. The summed E-state index contributed by atoms with van der Waals surface area (Å²) in [5.41, 5.74) is 1.56. The average Bonchev–Trinajstić information content (AvgIpc) is 2.44. The summed E-state index contributed by atoms with van der Waals surface area (Å²) in [4.78, 5) is 25.0. The summed E-state index contributed by atoms with van der Waals surface area (Å²) in [6, 6.07) is 5.56. The number of rotatable bonds is 2. The third-order valence-electron chi connectivity index (χ3n) is 3.62. The second-order valence-corrected chi connectivity index (χ2v) is 5.71. The van der Waals surface area contributed by atoms with Gasteiger partial charge in [0.25, 0.3) is 0 Å². The Balaban J connectivity index is 1.90. The number of nitrogens with zero attached hydrogens (tertiary/aromatic N) is 1. The maximum Gasteiger partial charge on any atom is 0.321 e. The Bertz CT molecular complexity index is 540. The predicted octanol–water partition coefficient (Wildman–Crippen LogP) is 2.78. The van der Waals surface area contributed by atoms with Gasteiger partial charge in [0.05, 0.1) is 10.7 Å². The SMILES string of the molecule is CC(=O)NC1CCN(C(=O)Nc2cccc(C)c2Cl)CC1. The zero-order chi connectivity index (χ0) is 15.4. The molecule has 1 heterocycles. The molecule has 1 fully saturated rings. The molecule has 1 aliphatic rings. The molecule has 0 unspecified atom stereocenters. The van der Waals surface area contributed by atoms with Crippen LogP contribution in [0.25, 0.3) is 0 Å².